The molecule has 1 unspecified atom stereocenters. The standard InChI is InChI=1S/C22H23N3O3S/c1-16(26)25-11-6-10-22(25,21(27)23-15-19-9-5-12-29-19)14-18-13-20(24-28-18)17-7-3-2-4-8-17/h2-5,7-9,12-13H,6,10-11,14-15H2,1H3,(H,23,27). The van der Waals surface area contributed by atoms with E-state index in [1.165, 1.54) is 6.92 Å². The number of rotatable bonds is 6. The van der Waals surface area contributed by atoms with Crippen LogP contribution < -0.4 is 5.32 Å². The minimum absolute atomic E-state index is 0.100. The number of amides is 2. The fourth-order valence-corrected chi connectivity index (χ4v) is 4.66. The van der Waals surface area contributed by atoms with Crippen LogP contribution in [0.25, 0.3) is 11.3 Å². The number of aromatic nitrogens is 1. The summed E-state index contributed by atoms with van der Waals surface area (Å²) in [7, 11) is 0. The molecule has 2 aromatic heterocycles. The third kappa shape index (κ3) is 3.96. The predicted octanol–water partition coefficient (Wildman–Crippen LogP) is 3.64. The van der Waals surface area contributed by atoms with Gasteiger partial charge < -0.3 is 14.7 Å². The molecule has 2 amide bonds. The zero-order valence-electron chi connectivity index (χ0n) is 16.3. The van der Waals surface area contributed by atoms with Gasteiger partial charge in [0.15, 0.2) is 0 Å². The number of nitrogens with zero attached hydrogens (tertiary/aromatic N) is 2. The number of thiophene rings is 1. The van der Waals surface area contributed by atoms with Crippen LogP contribution in [0.2, 0.25) is 0 Å². The Morgan fingerprint density at radius 2 is 2.07 bits per heavy atom. The Morgan fingerprint density at radius 1 is 1.24 bits per heavy atom. The minimum Gasteiger partial charge on any atom is -0.361 e. The Bertz CT molecular complexity index is 984. The SMILES string of the molecule is CC(=O)N1CCCC1(Cc1cc(-c2ccccc2)no1)C(=O)NCc1cccs1. The summed E-state index contributed by atoms with van der Waals surface area (Å²) < 4.78 is 5.57. The molecule has 4 rings (SSSR count). The van der Waals surface area contributed by atoms with Crippen molar-refractivity contribution in [2.45, 2.75) is 38.3 Å². The van der Waals surface area contributed by atoms with Gasteiger partial charge in [0, 0.05) is 36.4 Å². The van der Waals surface area contributed by atoms with Gasteiger partial charge in [-0.05, 0) is 24.3 Å². The van der Waals surface area contributed by atoms with Gasteiger partial charge in [0.05, 0.1) is 6.54 Å². The van der Waals surface area contributed by atoms with Crippen LogP contribution in [-0.2, 0) is 22.6 Å². The quantitative estimate of drug-likeness (QED) is 0.674. The number of hydrogen-bond donors (Lipinski definition) is 1. The van der Waals surface area contributed by atoms with Gasteiger partial charge in [0.2, 0.25) is 11.8 Å². The van der Waals surface area contributed by atoms with E-state index < -0.39 is 5.54 Å². The van der Waals surface area contributed by atoms with Crippen LogP contribution in [-0.4, -0.2) is 34.0 Å². The molecular weight excluding hydrogens is 386 g/mol. The molecule has 1 fully saturated rings. The lowest BCUT2D eigenvalue weighted by Gasteiger charge is -2.36. The van der Waals surface area contributed by atoms with E-state index in [1.54, 1.807) is 16.2 Å². The molecule has 150 valence electrons. The molecule has 7 heteroatoms. The molecule has 1 saturated heterocycles. The number of nitrogens with one attached hydrogen (secondary N) is 1. The molecule has 3 heterocycles. The van der Waals surface area contributed by atoms with Gasteiger partial charge in [-0.1, -0.05) is 41.6 Å². The number of likely N-dealkylation sites (tertiary alicyclic amines) is 1. The summed E-state index contributed by atoms with van der Waals surface area (Å²) in [6, 6.07) is 15.6. The summed E-state index contributed by atoms with van der Waals surface area (Å²) in [4.78, 5) is 28.4. The lowest BCUT2D eigenvalue weighted by molar-refractivity contribution is -0.144. The zero-order valence-corrected chi connectivity index (χ0v) is 17.1. The van der Waals surface area contributed by atoms with Crippen LogP contribution >= 0.6 is 11.3 Å². The van der Waals surface area contributed by atoms with Crippen LogP contribution in [0.15, 0.2) is 58.4 Å². The Balaban J connectivity index is 1.58. The molecule has 0 aliphatic carbocycles. The molecule has 0 radical (unpaired) electrons. The van der Waals surface area contributed by atoms with Crippen molar-refractivity contribution in [3.05, 3.63) is 64.5 Å². The number of carbonyl (C=O) groups excluding carboxylic acids is 2. The second-order valence-electron chi connectivity index (χ2n) is 7.29. The average Bonchev–Trinajstić information content (AvgIpc) is 3.48. The highest BCUT2D eigenvalue weighted by atomic mass is 32.1. The van der Waals surface area contributed by atoms with E-state index in [-0.39, 0.29) is 11.8 Å². The van der Waals surface area contributed by atoms with Crippen molar-refractivity contribution in [3.63, 3.8) is 0 Å². The molecule has 1 N–H and O–H groups in total. The van der Waals surface area contributed by atoms with Crippen LogP contribution in [0.5, 0.6) is 0 Å². The monoisotopic (exact) mass is 409 g/mol. The largest absolute Gasteiger partial charge is 0.361 e. The predicted molar refractivity (Wildman–Crippen MR) is 111 cm³/mol. The van der Waals surface area contributed by atoms with Gasteiger partial charge in [-0.2, -0.15) is 0 Å². The Kier molecular flexibility index (Phi) is 5.49. The van der Waals surface area contributed by atoms with Gasteiger partial charge in [0.1, 0.15) is 17.0 Å². The van der Waals surface area contributed by atoms with Crippen molar-refractivity contribution >= 4 is 23.2 Å². The molecule has 1 aliphatic rings. The van der Waals surface area contributed by atoms with E-state index in [2.05, 4.69) is 10.5 Å². The molecular formula is C22H23N3O3S. The van der Waals surface area contributed by atoms with Crippen molar-refractivity contribution in [2.24, 2.45) is 0 Å². The summed E-state index contributed by atoms with van der Waals surface area (Å²) in [6.07, 6.45) is 1.69. The maximum Gasteiger partial charge on any atom is 0.246 e. The van der Waals surface area contributed by atoms with E-state index in [4.69, 9.17) is 4.52 Å². The first-order valence-electron chi connectivity index (χ1n) is 9.68. The molecule has 29 heavy (non-hydrogen) atoms. The summed E-state index contributed by atoms with van der Waals surface area (Å²) >= 11 is 1.59. The maximum atomic E-state index is 13.3. The normalized spacial score (nSPS) is 18.7. The highest BCUT2D eigenvalue weighted by Gasteiger charge is 2.49. The molecule has 1 aromatic carbocycles. The van der Waals surface area contributed by atoms with Crippen LogP contribution in [0.1, 0.15) is 30.4 Å². The fraction of sp³-hybridized carbons (Fsp3) is 0.318. The van der Waals surface area contributed by atoms with Gasteiger partial charge >= 0.3 is 0 Å². The lowest BCUT2D eigenvalue weighted by atomic mass is 9.89. The highest BCUT2D eigenvalue weighted by molar-refractivity contribution is 7.09. The van der Waals surface area contributed by atoms with Gasteiger partial charge in [-0.3, -0.25) is 9.59 Å². The summed E-state index contributed by atoms with van der Waals surface area (Å²) in [5, 5.41) is 9.17. The third-order valence-corrected chi connectivity index (χ3v) is 6.27. The van der Waals surface area contributed by atoms with Crippen molar-refractivity contribution in [2.75, 3.05) is 6.54 Å². The van der Waals surface area contributed by atoms with Gasteiger partial charge in [-0.25, -0.2) is 0 Å². The van der Waals surface area contributed by atoms with Crippen molar-refractivity contribution in [1.29, 1.82) is 0 Å². The highest BCUT2D eigenvalue weighted by Crippen LogP contribution is 2.34. The molecule has 0 saturated carbocycles. The average molecular weight is 410 g/mol. The smallest absolute Gasteiger partial charge is 0.246 e. The van der Waals surface area contributed by atoms with Crippen LogP contribution in [0.3, 0.4) is 0 Å². The van der Waals surface area contributed by atoms with E-state index >= 15 is 0 Å². The van der Waals surface area contributed by atoms with E-state index in [0.717, 1.165) is 22.6 Å². The van der Waals surface area contributed by atoms with Crippen molar-refractivity contribution < 1.29 is 14.1 Å². The molecule has 3 aromatic rings. The topological polar surface area (TPSA) is 75.4 Å². The molecule has 1 atom stereocenters. The Labute approximate surface area is 173 Å². The first kappa shape index (κ1) is 19.4. The van der Waals surface area contributed by atoms with Gasteiger partial charge in [0.25, 0.3) is 0 Å². The minimum atomic E-state index is -0.948. The summed E-state index contributed by atoms with van der Waals surface area (Å²) in [5.41, 5.74) is 0.729. The molecule has 0 spiro atoms. The van der Waals surface area contributed by atoms with Crippen molar-refractivity contribution in [1.82, 2.24) is 15.4 Å². The molecule has 6 nitrogen and oxygen atoms in total. The van der Waals surface area contributed by atoms with Crippen molar-refractivity contribution in [3.8, 4) is 11.3 Å². The molecule has 1 aliphatic heterocycles. The first-order valence-corrected chi connectivity index (χ1v) is 10.6. The van der Waals surface area contributed by atoms with Crippen LogP contribution in [0, 0.1) is 0 Å². The van der Waals surface area contributed by atoms with Crippen LogP contribution in [0.4, 0.5) is 0 Å². The summed E-state index contributed by atoms with van der Waals surface area (Å²) in [5.74, 6) is 0.358. The lowest BCUT2D eigenvalue weighted by Crippen LogP contribution is -2.58. The number of benzene rings is 1. The third-order valence-electron chi connectivity index (χ3n) is 5.39. The molecule has 0 bridgehead atoms. The number of carbonyl (C=O) groups is 2. The van der Waals surface area contributed by atoms with E-state index in [9.17, 15) is 9.59 Å². The van der Waals surface area contributed by atoms with E-state index in [0.29, 0.717) is 31.7 Å². The van der Waals surface area contributed by atoms with Gasteiger partial charge in [-0.15, -0.1) is 11.3 Å². The first-order chi connectivity index (χ1) is 14.1. The second-order valence-corrected chi connectivity index (χ2v) is 8.32. The second kappa shape index (κ2) is 8.21. The Hall–Kier alpha value is -2.93. The summed E-state index contributed by atoms with van der Waals surface area (Å²) in [6.45, 7) is 2.54. The maximum absolute atomic E-state index is 13.3. The zero-order chi connectivity index (χ0) is 20.3. The number of hydrogen-bond acceptors (Lipinski definition) is 5. The fourth-order valence-electron chi connectivity index (χ4n) is 4.01. The van der Waals surface area contributed by atoms with E-state index in [1.807, 2.05) is 53.9 Å². The Morgan fingerprint density at radius 3 is 2.79 bits per heavy atom.